The summed E-state index contributed by atoms with van der Waals surface area (Å²) in [5.41, 5.74) is 0. The van der Waals surface area contributed by atoms with Crippen LogP contribution in [0.1, 0.15) is 45.4 Å². The Morgan fingerprint density at radius 1 is 1.00 bits per heavy atom. The predicted molar refractivity (Wildman–Crippen MR) is 84.2 cm³/mol. The molecule has 1 saturated carbocycles. The van der Waals surface area contributed by atoms with Crippen LogP contribution in [0.25, 0.3) is 0 Å². The van der Waals surface area contributed by atoms with Crippen molar-refractivity contribution < 1.29 is 8.42 Å². The molecule has 3 rings (SSSR count). The SMILES string of the molecule is CC1CCN(S(=O)(=O)N2CCCC(CNC3CC3)C2)CC1. The van der Waals surface area contributed by atoms with Gasteiger partial charge in [0.2, 0.25) is 0 Å². The van der Waals surface area contributed by atoms with E-state index >= 15 is 0 Å². The van der Waals surface area contributed by atoms with E-state index in [0.29, 0.717) is 44.1 Å². The minimum atomic E-state index is -3.23. The summed E-state index contributed by atoms with van der Waals surface area (Å²) < 4.78 is 29.0. The third kappa shape index (κ3) is 3.97. The molecule has 2 saturated heterocycles. The molecular weight excluding hydrogens is 286 g/mol. The first-order chi connectivity index (χ1) is 10.1. The number of hydrogen-bond acceptors (Lipinski definition) is 3. The third-order valence-electron chi connectivity index (χ3n) is 5.15. The normalized spacial score (nSPS) is 30.6. The summed E-state index contributed by atoms with van der Waals surface area (Å²) in [6.07, 6.45) is 6.74. The lowest BCUT2D eigenvalue weighted by atomic mass is 10.00. The molecule has 2 heterocycles. The van der Waals surface area contributed by atoms with Crippen molar-refractivity contribution in [1.82, 2.24) is 13.9 Å². The second-order valence-corrected chi connectivity index (χ2v) is 9.07. The molecule has 0 radical (unpaired) electrons. The van der Waals surface area contributed by atoms with E-state index in [1.165, 1.54) is 12.8 Å². The highest BCUT2D eigenvalue weighted by Crippen LogP contribution is 2.26. The monoisotopic (exact) mass is 315 g/mol. The molecule has 1 unspecified atom stereocenters. The first kappa shape index (κ1) is 15.7. The maximum Gasteiger partial charge on any atom is 0.281 e. The highest BCUT2D eigenvalue weighted by atomic mass is 32.2. The van der Waals surface area contributed by atoms with E-state index in [9.17, 15) is 8.42 Å². The summed E-state index contributed by atoms with van der Waals surface area (Å²) in [4.78, 5) is 0. The molecule has 3 fully saturated rings. The van der Waals surface area contributed by atoms with Crippen molar-refractivity contribution in [1.29, 1.82) is 0 Å². The highest BCUT2D eigenvalue weighted by molar-refractivity contribution is 7.86. The van der Waals surface area contributed by atoms with E-state index in [2.05, 4.69) is 12.2 Å². The molecule has 0 spiro atoms. The second-order valence-electron chi connectivity index (χ2n) is 7.14. The van der Waals surface area contributed by atoms with Gasteiger partial charge in [-0.3, -0.25) is 0 Å². The first-order valence-corrected chi connectivity index (χ1v) is 9.94. The van der Waals surface area contributed by atoms with Crippen LogP contribution in [0.2, 0.25) is 0 Å². The topological polar surface area (TPSA) is 52.7 Å². The quantitative estimate of drug-likeness (QED) is 0.835. The minimum Gasteiger partial charge on any atom is -0.314 e. The molecule has 122 valence electrons. The minimum absolute atomic E-state index is 0.484. The van der Waals surface area contributed by atoms with Crippen molar-refractivity contribution in [3.8, 4) is 0 Å². The average Bonchev–Trinajstić information content (AvgIpc) is 3.30. The van der Waals surface area contributed by atoms with Crippen molar-refractivity contribution in [2.24, 2.45) is 11.8 Å². The van der Waals surface area contributed by atoms with E-state index in [1.54, 1.807) is 8.61 Å². The van der Waals surface area contributed by atoms with Gasteiger partial charge in [-0.15, -0.1) is 0 Å². The van der Waals surface area contributed by atoms with Gasteiger partial charge >= 0.3 is 0 Å². The molecule has 0 aromatic heterocycles. The molecular formula is C15H29N3O2S. The number of rotatable bonds is 5. The van der Waals surface area contributed by atoms with Crippen molar-refractivity contribution in [2.45, 2.75) is 51.5 Å². The first-order valence-electron chi connectivity index (χ1n) is 8.54. The zero-order chi connectivity index (χ0) is 14.9. The van der Waals surface area contributed by atoms with Crippen LogP contribution in [0.3, 0.4) is 0 Å². The zero-order valence-electron chi connectivity index (χ0n) is 13.1. The fourth-order valence-corrected chi connectivity index (χ4v) is 5.16. The number of hydrogen-bond donors (Lipinski definition) is 1. The second kappa shape index (κ2) is 6.52. The number of piperidine rings is 2. The van der Waals surface area contributed by atoms with E-state index < -0.39 is 10.2 Å². The molecule has 0 aromatic rings. The largest absolute Gasteiger partial charge is 0.314 e. The summed E-state index contributed by atoms with van der Waals surface area (Å²) in [6, 6.07) is 0.709. The lowest BCUT2D eigenvalue weighted by molar-refractivity contribution is 0.223. The van der Waals surface area contributed by atoms with Gasteiger partial charge in [-0.05, 0) is 56.9 Å². The maximum atomic E-state index is 12.8. The standard InChI is InChI=1S/C15H29N3O2S/c1-13-6-9-17(10-7-13)21(19,20)18-8-2-3-14(12-18)11-16-15-4-5-15/h13-16H,2-12H2,1H3. The van der Waals surface area contributed by atoms with Crippen LogP contribution < -0.4 is 5.32 Å². The third-order valence-corrected chi connectivity index (χ3v) is 7.15. The molecule has 6 heteroatoms. The summed E-state index contributed by atoms with van der Waals surface area (Å²) in [5, 5.41) is 3.55. The van der Waals surface area contributed by atoms with Crippen LogP contribution in [0, 0.1) is 11.8 Å². The Hall–Kier alpha value is -0.170. The van der Waals surface area contributed by atoms with E-state index in [1.807, 2.05) is 0 Å². The van der Waals surface area contributed by atoms with Crippen LogP contribution in [0.4, 0.5) is 0 Å². The Kier molecular flexibility index (Phi) is 4.88. The van der Waals surface area contributed by atoms with Crippen molar-refractivity contribution in [3.63, 3.8) is 0 Å². The molecule has 1 aliphatic carbocycles. The summed E-state index contributed by atoms with van der Waals surface area (Å²) in [7, 11) is -3.23. The van der Waals surface area contributed by atoms with Gasteiger partial charge in [-0.2, -0.15) is 17.0 Å². The van der Waals surface area contributed by atoms with E-state index in [-0.39, 0.29) is 0 Å². The van der Waals surface area contributed by atoms with Crippen molar-refractivity contribution in [3.05, 3.63) is 0 Å². The average molecular weight is 315 g/mol. The maximum absolute atomic E-state index is 12.8. The van der Waals surface area contributed by atoms with Gasteiger partial charge in [0, 0.05) is 32.2 Å². The van der Waals surface area contributed by atoms with Gasteiger partial charge in [0.05, 0.1) is 0 Å². The molecule has 2 aliphatic heterocycles. The fraction of sp³-hybridized carbons (Fsp3) is 1.00. The molecule has 0 bridgehead atoms. The van der Waals surface area contributed by atoms with Crippen LogP contribution in [-0.4, -0.2) is 55.8 Å². The van der Waals surface area contributed by atoms with E-state index in [4.69, 9.17) is 0 Å². The molecule has 0 aromatic carbocycles. The molecule has 5 nitrogen and oxygen atoms in total. The Bertz CT molecular complexity index is 442. The fourth-order valence-electron chi connectivity index (χ4n) is 3.40. The van der Waals surface area contributed by atoms with Crippen LogP contribution >= 0.6 is 0 Å². The van der Waals surface area contributed by atoms with Crippen molar-refractivity contribution in [2.75, 3.05) is 32.7 Å². The number of nitrogens with zero attached hydrogens (tertiary/aromatic N) is 2. The Morgan fingerprint density at radius 3 is 2.38 bits per heavy atom. The molecule has 1 atom stereocenters. The van der Waals surface area contributed by atoms with Crippen LogP contribution in [0.15, 0.2) is 0 Å². The Morgan fingerprint density at radius 2 is 1.71 bits per heavy atom. The van der Waals surface area contributed by atoms with Gasteiger partial charge in [-0.25, -0.2) is 0 Å². The number of nitrogens with one attached hydrogen (secondary N) is 1. The van der Waals surface area contributed by atoms with Gasteiger partial charge in [0.1, 0.15) is 0 Å². The summed E-state index contributed by atoms with van der Waals surface area (Å²) >= 11 is 0. The predicted octanol–water partition coefficient (Wildman–Crippen LogP) is 1.43. The Labute approximate surface area is 129 Å². The molecule has 1 N–H and O–H groups in total. The van der Waals surface area contributed by atoms with Crippen molar-refractivity contribution >= 4 is 10.2 Å². The molecule has 0 amide bonds. The summed E-state index contributed by atoms with van der Waals surface area (Å²) in [6.45, 7) is 6.00. The lowest BCUT2D eigenvalue weighted by Crippen LogP contribution is -2.51. The van der Waals surface area contributed by atoms with Gasteiger partial charge < -0.3 is 5.32 Å². The molecule has 3 aliphatic rings. The highest BCUT2D eigenvalue weighted by Gasteiger charge is 2.35. The van der Waals surface area contributed by atoms with E-state index in [0.717, 1.165) is 32.2 Å². The van der Waals surface area contributed by atoms with Crippen LogP contribution in [0.5, 0.6) is 0 Å². The summed E-state index contributed by atoms with van der Waals surface area (Å²) in [5.74, 6) is 1.14. The lowest BCUT2D eigenvalue weighted by Gasteiger charge is -2.37. The zero-order valence-corrected chi connectivity index (χ0v) is 13.9. The molecule has 21 heavy (non-hydrogen) atoms. The van der Waals surface area contributed by atoms with Crippen LogP contribution in [-0.2, 0) is 10.2 Å². The van der Waals surface area contributed by atoms with Gasteiger partial charge in [0.25, 0.3) is 10.2 Å². The Balaban J connectivity index is 1.55. The van der Waals surface area contributed by atoms with Gasteiger partial charge in [-0.1, -0.05) is 6.92 Å². The smallest absolute Gasteiger partial charge is 0.281 e. The van der Waals surface area contributed by atoms with Gasteiger partial charge in [0.15, 0.2) is 0 Å².